The lowest BCUT2D eigenvalue weighted by molar-refractivity contribution is -0.144. The van der Waals surface area contributed by atoms with E-state index in [1.54, 1.807) is 0 Å². The second-order valence-corrected chi connectivity index (χ2v) is 3.83. The highest BCUT2D eigenvalue weighted by Gasteiger charge is 2.14. The molecule has 0 aromatic carbocycles. The summed E-state index contributed by atoms with van der Waals surface area (Å²) in [6.45, 7) is 3.68. The number of hydrogen-bond donors (Lipinski definition) is 5. The van der Waals surface area contributed by atoms with E-state index < -0.39 is 36.3 Å². The van der Waals surface area contributed by atoms with Gasteiger partial charge in [0, 0.05) is 12.8 Å². The second kappa shape index (κ2) is 15.9. The van der Waals surface area contributed by atoms with E-state index in [2.05, 4.69) is 0 Å². The molecule has 9 heteroatoms. The van der Waals surface area contributed by atoms with Gasteiger partial charge in [0.2, 0.25) is 0 Å². The third-order valence-corrected chi connectivity index (χ3v) is 1.64. The lowest BCUT2D eigenvalue weighted by atomic mass is 10.2. The minimum absolute atomic E-state index is 0.292. The van der Waals surface area contributed by atoms with Gasteiger partial charge in [0.1, 0.15) is 6.04 Å². The summed E-state index contributed by atoms with van der Waals surface area (Å²) in [6, 6.07) is -1.29. The van der Waals surface area contributed by atoms with Crippen LogP contribution in [0.3, 0.4) is 0 Å². The predicted molar refractivity (Wildman–Crippen MR) is 73.0 cm³/mol. The number of nitrogens with two attached hydrogens (primary N) is 1. The van der Waals surface area contributed by atoms with Gasteiger partial charge in [0.25, 0.3) is 0 Å². The van der Waals surface area contributed by atoms with Gasteiger partial charge in [-0.1, -0.05) is 13.8 Å². The van der Waals surface area contributed by atoms with Gasteiger partial charge in [-0.3, -0.25) is 19.2 Å². The molecular formula is C12H23NO8. The largest absolute Gasteiger partial charge is 0.481 e. The van der Waals surface area contributed by atoms with E-state index in [0.717, 1.165) is 12.8 Å². The van der Waals surface area contributed by atoms with Gasteiger partial charge in [-0.2, -0.15) is 0 Å². The minimum atomic E-state index is -1.29. The highest BCUT2D eigenvalue weighted by molar-refractivity contribution is 5.80. The standard InChI is InChI=1S/C4H7NO4.2C4H8O2/c5-2(4(8)9)1-3(6)7;2*1-2-3-4(5)6/h2H,1,5H2,(H,6,7)(H,8,9);2*2-3H2,1H3,(H,5,6)/t2-;;/m0../s1. The predicted octanol–water partition coefficient (Wildman–Crippen LogP) is 0.615. The Bertz CT molecular complexity index is 313. The summed E-state index contributed by atoms with van der Waals surface area (Å²) >= 11 is 0. The molecule has 0 saturated heterocycles. The Hall–Kier alpha value is -2.16. The van der Waals surface area contributed by atoms with Gasteiger partial charge in [0.05, 0.1) is 6.42 Å². The van der Waals surface area contributed by atoms with E-state index in [0.29, 0.717) is 12.8 Å². The summed E-state index contributed by atoms with van der Waals surface area (Å²) in [5, 5.41) is 31.9. The fourth-order valence-electron chi connectivity index (χ4n) is 0.703. The van der Waals surface area contributed by atoms with Crippen LogP contribution in [0.4, 0.5) is 0 Å². The molecule has 124 valence electrons. The van der Waals surface area contributed by atoms with Gasteiger partial charge < -0.3 is 26.2 Å². The average Bonchev–Trinajstić information content (AvgIpc) is 2.28. The van der Waals surface area contributed by atoms with E-state index in [4.69, 9.17) is 26.2 Å². The van der Waals surface area contributed by atoms with Crippen LogP contribution in [-0.4, -0.2) is 50.3 Å². The summed E-state index contributed by atoms with van der Waals surface area (Å²) in [6.07, 6.45) is 1.51. The number of hydrogen-bond acceptors (Lipinski definition) is 5. The highest BCUT2D eigenvalue weighted by Crippen LogP contribution is 1.86. The van der Waals surface area contributed by atoms with Crippen molar-refractivity contribution in [3.63, 3.8) is 0 Å². The van der Waals surface area contributed by atoms with Crippen LogP contribution < -0.4 is 5.73 Å². The maximum absolute atomic E-state index is 9.85. The van der Waals surface area contributed by atoms with Crippen molar-refractivity contribution >= 4 is 23.9 Å². The molecule has 0 saturated carbocycles. The maximum Gasteiger partial charge on any atom is 0.321 e. The van der Waals surface area contributed by atoms with Crippen LogP contribution >= 0.6 is 0 Å². The van der Waals surface area contributed by atoms with E-state index >= 15 is 0 Å². The SMILES string of the molecule is CCCC(=O)O.CCCC(=O)O.N[C@@H](CC(=O)O)C(=O)O. The van der Waals surface area contributed by atoms with E-state index in [9.17, 15) is 19.2 Å². The average molecular weight is 309 g/mol. The van der Waals surface area contributed by atoms with Crippen molar-refractivity contribution in [2.75, 3.05) is 0 Å². The number of rotatable bonds is 7. The molecular weight excluding hydrogens is 286 g/mol. The molecule has 0 aromatic rings. The highest BCUT2D eigenvalue weighted by atomic mass is 16.4. The molecule has 6 N–H and O–H groups in total. The van der Waals surface area contributed by atoms with Crippen LogP contribution in [0.5, 0.6) is 0 Å². The van der Waals surface area contributed by atoms with Crippen LogP contribution in [0.15, 0.2) is 0 Å². The van der Waals surface area contributed by atoms with E-state index in [1.165, 1.54) is 0 Å². The van der Waals surface area contributed by atoms with Crippen molar-refractivity contribution in [3.05, 3.63) is 0 Å². The summed E-state index contributed by atoms with van der Waals surface area (Å²) in [5.74, 6) is -3.92. The zero-order valence-corrected chi connectivity index (χ0v) is 12.1. The quantitative estimate of drug-likeness (QED) is 0.451. The van der Waals surface area contributed by atoms with Gasteiger partial charge >= 0.3 is 23.9 Å². The first kappa shape index (κ1) is 23.9. The summed E-state index contributed by atoms with van der Waals surface area (Å²) in [7, 11) is 0. The molecule has 0 radical (unpaired) electrons. The first-order chi connectivity index (χ1) is 9.58. The number of aliphatic carboxylic acids is 4. The molecule has 9 nitrogen and oxygen atoms in total. The molecule has 0 amide bonds. The van der Waals surface area contributed by atoms with Crippen LogP contribution in [0.1, 0.15) is 46.0 Å². The maximum atomic E-state index is 9.85. The normalized spacial score (nSPS) is 10.0. The van der Waals surface area contributed by atoms with Gasteiger partial charge in [0.15, 0.2) is 0 Å². The first-order valence-electron chi connectivity index (χ1n) is 6.22. The zero-order chi connectivity index (χ0) is 17.4. The lowest BCUT2D eigenvalue weighted by Gasteiger charge is -1.99. The molecule has 0 aliphatic carbocycles. The topological polar surface area (TPSA) is 175 Å². The molecule has 0 unspecified atom stereocenters. The first-order valence-corrected chi connectivity index (χ1v) is 6.22. The van der Waals surface area contributed by atoms with E-state index in [-0.39, 0.29) is 0 Å². The Morgan fingerprint density at radius 1 is 0.810 bits per heavy atom. The molecule has 1 atom stereocenters. The molecule has 0 bridgehead atoms. The molecule has 0 fully saturated rings. The lowest BCUT2D eigenvalue weighted by Crippen LogP contribution is -2.32. The van der Waals surface area contributed by atoms with Gasteiger partial charge in [-0.15, -0.1) is 0 Å². The Kier molecular flexibility index (Phi) is 18.1. The smallest absolute Gasteiger partial charge is 0.321 e. The Balaban J connectivity index is -0.000000240. The molecule has 0 spiro atoms. The van der Waals surface area contributed by atoms with E-state index in [1.807, 2.05) is 13.8 Å². The molecule has 0 heterocycles. The van der Waals surface area contributed by atoms with Crippen LogP contribution in [0, 0.1) is 0 Å². The molecule has 0 aliphatic rings. The second-order valence-electron chi connectivity index (χ2n) is 3.83. The number of carbonyl (C=O) groups is 4. The van der Waals surface area contributed by atoms with Crippen molar-refractivity contribution in [1.82, 2.24) is 0 Å². The molecule has 0 rings (SSSR count). The van der Waals surface area contributed by atoms with Crippen molar-refractivity contribution < 1.29 is 39.6 Å². The number of carboxylic acid groups (broad SMARTS) is 4. The van der Waals surface area contributed by atoms with Crippen LogP contribution in [0.2, 0.25) is 0 Å². The summed E-state index contributed by atoms with van der Waals surface area (Å²) in [4.78, 5) is 38.8. The van der Waals surface area contributed by atoms with Crippen molar-refractivity contribution in [2.24, 2.45) is 5.73 Å². The molecule has 0 aromatic heterocycles. The molecule has 0 aliphatic heterocycles. The van der Waals surface area contributed by atoms with Gasteiger partial charge in [-0.05, 0) is 12.8 Å². The summed E-state index contributed by atoms with van der Waals surface area (Å²) in [5.41, 5.74) is 4.84. The third kappa shape index (κ3) is 31.9. The fraction of sp³-hybridized carbons (Fsp3) is 0.667. The van der Waals surface area contributed by atoms with Crippen molar-refractivity contribution in [3.8, 4) is 0 Å². The van der Waals surface area contributed by atoms with Gasteiger partial charge in [-0.25, -0.2) is 0 Å². The fourth-order valence-corrected chi connectivity index (χ4v) is 0.703. The van der Waals surface area contributed by atoms with Crippen LogP contribution in [0.25, 0.3) is 0 Å². The van der Waals surface area contributed by atoms with Crippen molar-refractivity contribution in [1.29, 1.82) is 0 Å². The zero-order valence-electron chi connectivity index (χ0n) is 12.1. The minimum Gasteiger partial charge on any atom is -0.481 e. The third-order valence-electron chi connectivity index (χ3n) is 1.64. The van der Waals surface area contributed by atoms with Crippen molar-refractivity contribution in [2.45, 2.75) is 52.0 Å². The Morgan fingerprint density at radius 3 is 1.19 bits per heavy atom. The monoisotopic (exact) mass is 309 g/mol. The molecule has 21 heavy (non-hydrogen) atoms. The number of carboxylic acids is 4. The Morgan fingerprint density at radius 2 is 1.14 bits per heavy atom. The summed E-state index contributed by atoms with van der Waals surface area (Å²) < 4.78 is 0. The van der Waals surface area contributed by atoms with Crippen LogP contribution in [-0.2, 0) is 19.2 Å². The Labute approximate surface area is 122 Å².